The summed E-state index contributed by atoms with van der Waals surface area (Å²) in [6, 6.07) is 3.21. The third-order valence-corrected chi connectivity index (χ3v) is 2.60. The van der Waals surface area contributed by atoms with Gasteiger partial charge in [-0.05, 0) is 18.1 Å². The SMILES string of the molecule is CC(C)c1c(C(=O)O)nnn1-c1ccc(F)c(F)c1. The van der Waals surface area contributed by atoms with E-state index in [1.807, 2.05) is 0 Å². The number of carboxylic acid groups (broad SMARTS) is 1. The van der Waals surface area contributed by atoms with Crippen molar-refractivity contribution in [3.63, 3.8) is 0 Å². The largest absolute Gasteiger partial charge is 0.476 e. The van der Waals surface area contributed by atoms with Gasteiger partial charge in [-0.25, -0.2) is 18.3 Å². The van der Waals surface area contributed by atoms with Crippen LogP contribution < -0.4 is 0 Å². The average Bonchev–Trinajstić information content (AvgIpc) is 2.77. The molecule has 2 aromatic rings. The lowest BCUT2D eigenvalue weighted by molar-refractivity contribution is 0.0688. The monoisotopic (exact) mass is 267 g/mol. The van der Waals surface area contributed by atoms with Gasteiger partial charge >= 0.3 is 5.97 Å². The quantitative estimate of drug-likeness (QED) is 0.927. The molecule has 0 spiro atoms. The summed E-state index contributed by atoms with van der Waals surface area (Å²) in [5.74, 6) is -3.40. The van der Waals surface area contributed by atoms with Crippen molar-refractivity contribution in [3.05, 3.63) is 41.2 Å². The number of aromatic carboxylic acids is 1. The predicted molar refractivity (Wildman–Crippen MR) is 62.3 cm³/mol. The number of benzene rings is 1. The zero-order valence-electron chi connectivity index (χ0n) is 10.3. The van der Waals surface area contributed by atoms with Gasteiger partial charge in [-0.3, -0.25) is 0 Å². The Kier molecular flexibility index (Phi) is 3.28. The fourth-order valence-corrected chi connectivity index (χ4v) is 1.77. The first-order valence-corrected chi connectivity index (χ1v) is 5.56. The predicted octanol–water partition coefficient (Wildman–Crippen LogP) is 2.37. The van der Waals surface area contributed by atoms with Crippen molar-refractivity contribution in [3.8, 4) is 5.69 Å². The van der Waals surface area contributed by atoms with Crippen LogP contribution in [0.25, 0.3) is 5.69 Å². The Balaban J connectivity index is 2.62. The normalized spacial score (nSPS) is 11.0. The first-order chi connectivity index (χ1) is 8.91. The third kappa shape index (κ3) is 2.31. The van der Waals surface area contributed by atoms with Crippen molar-refractivity contribution in [2.45, 2.75) is 19.8 Å². The van der Waals surface area contributed by atoms with Crippen LogP contribution in [0, 0.1) is 11.6 Å². The highest BCUT2D eigenvalue weighted by molar-refractivity contribution is 5.86. The van der Waals surface area contributed by atoms with Gasteiger partial charge in [-0.15, -0.1) is 5.10 Å². The van der Waals surface area contributed by atoms with E-state index in [2.05, 4.69) is 10.3 Å². The molecule has 0 unspecified atom stereocenters. The molecule has 0 radical (unpaired) electrons. The lowest BCUT2D eigenvalue weighted by Gasteiger charge is -2.09. The fraction of sp³-hybridized carbons (Fsp3) is 0.250. The highest BCUT2D eigenvalue weighted by atomic mass is 19.2. The number of carboxylic acids is 1. The Bertz CT molecular complexity index is 638. The van der Waals surface area contributed by atoms with Crippen LogP contribution >= 0.6 is 0 Å². The van der Waals surface area contributed by atoms with E-state index in [0.717, 1.165) is 12.1 Å². The van der Waals surface area contributed by atoms with E-state index in [0.29, 0.717) is 5.69 Å². The number of hydrogen-bond acceptors (Lipinski definition) is 3. The molecule has 2 rings (SSSR count). The third-order valence-electron chi connectivity index (χ3n) is 2.60. The second-order valence-corrected chi connectivity index (χ2v) is 4.29. The van der Waals surface area contributed by atoms with E-state index in [4.69, 9.17) is 5.11 Å². The first kappa shape index (κ1) is 13.1. The van der Waals surface area contributed by atoms with Crippen molar-refractivity contribution >= 4 is 5.97 Å². The molecule has 1 aromatic heterocycles. The van der Waals surface area contributed by atoms with Crippen molar-refractivity contribution in [1.29, 1.82) is 0 Å². The minimum Gasteiger partial charge on any atom is -0.476 e. The maximum atomic E-state index is 13.2. The summed E-state index contributed by atoms with van der Waals surface area (Å²) in [5.41, 5.74) is 0.362. The molecule has 5 nitrogen and oxygen atoms in total. The number of nitrogens with zero attached hydrogens (tertiary/aromatic N) is 3. The van der Waals surface area contributed by atoms with Crippen molar-refractivity contribution in [2.75, 3.05) is 0 Å². The highest BCUT2D eigenvalue weighted by Gasteiger charge is 2.22. The van der Waals surface area contributed by atoms with Gasteiger partial charge in [-0.1, -0.05) is 19.1 Å². The summed E-state index contributed by atoms with van der Waals surface area (Å²) in [6.45, 7) is 3.53. The van der Waals surface area contributed by atoms with Crippen LogP contribution in [0.15, 0.2) is 18.2 Å². The zero-order valence-corrected chi connectivity index (χ0v) is 10.3. The molecule has 0 aliphatic rings. The first-order valence-electron chi connectivity index (χ1n) is 5.56. The number of aromatic nitrogens is 3. The Morgan fingerprint density at radius 3 is 2.53 bits per heavy atom. The molecule has 0 aliphatic carbocycles. The van der Waals surface area contributed by atoms with Crippen LogP contribution in [-0.2, 0) is 0 Å². The molecule has 0 fully saturated rings. The maximum Gasteiger partial charge on any atom is 0.358 e. The standard InChI is InChI=1S/C12H11F2N3O2/c1-6(2)11-10(12(18)19)15-16-17(11)7-3-4-8(13)9(14)5-7/h3-6H,1-2H3,(H,18,19). The molecule has 0 atom stereocenters. The van der Waals surface area contributed by atoms with Gasteiger partial charge in [0.15, 0.2) is 17.3 Å². The van der Waals surface area contributed by atoms with Gasteiger partial charge in [0.25, 0.3) is 0 Å². The van der Waals surface area contributed by atoms with Gasteiger partial charge < -0.3 is 5.11 Å². The van der Waals surface area contributed by atoms with Crippen molar-refractivity contribution < 1.29 is 18.7 Å². The average molecular weight is 267 g/mol. The smallest absolute Gasteiger partial charge is 0.358 e. The summed E-state index contributed by atoms with van der Waals surface area (Å²) in [5, 5.41) is 16.3. The molecular weight excluding hydrogens is 256 g/mol. The molecule has 1 aromatic carbocycles. The Labute approximate surface area is 107 Å². The van der Waals surface area contributed by atoms with Gasteiger partial charge in [0.05, 0.1) is 11.4 Å². The molecule has 1 N–H and O–H groups in total. The lowest BCUT2D eigenvalue weighted by atomic mass is 10.1. The van der Waals surface area contributed by atoms with E-state index in [1.54, 1.807) is 13.8 Å². The minimum absolute atomic E-state index is 0.186. The summed E-state index contributed by atoms with van der Waals surface area (Å²) >= 11 is 0. The highest BCUT2D eigenvalue weighted by Crippen LogP contribution is 2.22. The van der Waals surface area contributed by atoms with Gasteiger partial charge in [0, 0.05) is 6.07 Å². The molecule has 7 heteroatoms. The topological polar surface area (TPSA) is 68.0 Å². The number of carbonyl (C=O) groups is 1. The van der Waals surface area contributed by atoms with Crippen LogP contribution in [0.1, 0.15) is 35.9 Å². The Hall–Kier alpha value is -2.31. The van der Waals surface area contributed by atoms with Crippen LogP contribution in [0.3, 0.4) is 0 Å². The second kappa shape index (κ2) is 4.75. The van der Waals surface area contributed by atoms with Gasteiger partial charge in [0.1, 0.15) is 0 Å². The molecule has 0 aliphatic heterocycles. The molecule has 19 heavy (non-hydrogen) atoms. The van der Waals surface area contributed by atoms with Crippen LogP contribution in [0.5, 0.6) is 0 Å². The molecule has 100 valence electrons. The van der Waals surface area contributed by atoms with Crippen LogP contribution in [0.4, 0.5) is 8.78 Å². The summed E-state index contributed by atoms with van der Waals surface area (Å²) in [4.78, 5) is 11.0. The van der Waals surface area contributed by atoms with E-state index in [-0.39, 0.29) is 17.3 Å². The summed E-state index contributed by atoms with van der Waals surface area (Å²) < 4.78 is 27.3. The van der Waals surface area contributed by atoms with E-state index < -0.39 is 17.6 Å². The van der Waals surface area contributed by atoms with E-state index >= 15 is 0 Å². The molecule has 0 saturated heterocycles. The molecular formula is C12H11F2N3O2. The maximum absolute atomic E-state index is 13.2. The van der Waals surface area contributed by atoms with Crippen molar-refractivity contribution in [1.82, 2.24) is 15.0 Å². The van der Waals surface area contributed by atoms with Gasteiger partial charge in [0.2, 0.25) is 0 Å². The van der Waals surface area contributed by atoms with Crippen LogP contribution in [-0.4, -0.2) is 26.1 Å². The summed E-state index contributed by atoms with van der Waals surface area (Å²) in [7, 11) is 0. The molecule has 0 amide bonds. The number of hydrogen-bond donors (Lipinski definition) is 1. The zero-order chi connectivity index (χ0) is 14.2. The fourth-order valence-electron chi connectivity index (χ4n) is 1.77. The van der Waals surface area contributed by atoms with E-state index in [9.17, 15) is 13.6 Å². The van der Waals surface area contributed by atoms with Crippen LogP contribution in [0.2, 0.25) is 0 Å². The molecule has 0 bridgehead atoms. The number of rotatable bonds is 3. The minimum atomic E-state index is -1.21. The van der Waals surface area contributed by atoms with Gasteiger partial charge in [-0.2, -0.15) is 0 Å². The van der Waals surface area contributed by atoms with E-state index in [1.165, 1.54) is 10.7 Å². The second-order valence-electron chi connectivity index (χ2n) is 4.29. The Morgan fingerprint density at radius 1 is 1.32 bits per heavy atom. The number of halogens is 2. The van der Waals surface area contributed by atoms with Crippen molar-refractivity contribution in [2.24, 2.45) is 0 Å². The summed E-state index contributed by atoms with van der Waals surface area (Å²) in [6.07, 6.45) is 0. The molecule has 0 saturated carbocycles. The Morgan fingerprint density at radius 2 is 2.00 bits per heavy atom. The molecule has 1 heterocycles. The lowest BCUT2D eigenvalue weighted by Crippen LogP contribution is -2.08.